The maximum absolute atomic E-state index is 11.9. The minimum Gasteiger partial charge on any atom is -0.352 e. The second kappa shape index (κ2) is 6.26. The molecule has 21 heavy (non-hydrogen) atoms. The molecule has 2 bridgehead atoms. The standard InChI is InChI=1S/C16H21N3O2/c20-15(10-17-16(21)11-4-2-1-3-5-11)19-14-8-12-6-7-13(9-14)18-12/h1-5,12-14,18H,6-10H2,(H,17,21)(H,19,20). The second-order valence-electron chi connectivity index (χ2n) is 5.92. The molecule has 2 atom stereocenters. The summed E-state index contributed by atoms with van der Waals surface area (Å²) in [5, 5.41) is 9.24. The van der Waals surface area contributed by atoms with Gasteiger partial charge in [-0.05, 0) is 37.8 Å². The van der Waals surface area contributed by atoms with Crippen LogP contribution in [0.3, 0.4) is 0 Å². The minimum atomic E-state index is -0.212. The zero-order valence-corrected chi connectivity index (χ0v) is 12.0. The van der Waals surface area contributed by atoms with E-state index in [0.29, 0.717) is 17.6 Å². The Balaban J connectivity index is 1.43. The number of amides is 2. The maximum atomic E-state index is 11.9. The molecule has 0 aliphatic carbocycles. The van der Waals surface area contributed by atoms with Crippen LogP contribution >= 0.6 is 0 Å². The third-order valence-corrected chi connectivity index (χ3v) is 4.28. The van der Waals surface area contributed by atoms with Crippen LogP contribution in [0.4, 0.5) is 0 Å². The first kappa shape index (κ1) is 14.1. The highest BCUT2D eigenvalue weighted by atomic mass is 16.2. The number of carbonyl (C=O) groups excluding carboxylic acids is 2. The third kappa shape index (κ3) is 3.61. The first-order valence-corrected chi connectivity index (χ1v) is 7.59. The van der Waals surface area contributed by atoms with Crippen molar-refractivity contribution < 1.29 is 9.59 Å². The fourth-order valence-electron chi connectivity index (χ4n) is 3.31. The quantitative estimate of drug-likeness (QED) is 0.768. The van der Waals surface area contributed by atoms with Gasteiger partial charge in [0.15, 0.2) is 0 Å². The van der Waals surface area contributed by atoms with E-state index in [1.165, 1.54) is 12.8 Å². The highest BCUT2D eigenvalue weighted by Crippen LogP contribution is 2.26. The fraction of sp³-hybridized carbons (Fsp3) is 0.500. The van der Waals surface area contributed by atoms with Crippen LogP contribution in [-0.4, -0.2) is 36.5 Å². The molecule has 2 aliphatic heterocycles. The summed E-state index contributed by atoms with van der Waals surface area (Å²) in [6.07, 6.45) is 4.41. The van der Waals surface area contributed by atoms with Crippen LogP contribution in [0.2, 0.25) is 0 Å². The summed E-state index contributed by atoms with van der Waals surface area (Å²) in [6, 6.07) is 10.3. The number of fused-ring (bicyclic) bond motifs is 2. The fourth-order valence-corrected chi connectivity index (χ4v) is 3.31. The van der Waals surface area contributed by atoms with Gasteiger partial charge in [-0.2, -0.15) is 0 Å². The van der Waals surface area contributed by atoms with Gasteiger partial charge in [0, 0.05) is 23.7 Å². The topological polar surface area (TPSA) is 70.2 Å². The van der Waals surface area contributed by atoms with Crippen LogP contribution in [0.25, 0.3) is 0 Å². The Bertz CT molecular complexity index is 506. The van der Waals surface area contributed by atoms with Crippen LogP contribution in [0, 0.1) is 0 Å². The molecule has 0 spiro atoms. The molecule has 5 heteroatoms. The summed E-state index contributed by atoms with van der Waals surface area (Å²) in [7, 11) is 0. The Morgan fingerprint density at radius 1 is 1.10 bits per heavy atom. The first-order valence-electron chi connectivity index (χ1n) is 7.59. The van der Waals surface area contributed by atoms with Crippen molar-refractivity contribution in [2.24, 2.45) is 0 Å². The summed E-state index contributed by atoms with van der Waals surface area (Å²) in [5.74, 6) is -0.318. The molecule has 1 aromatic carbocycles. The van der Waals surface area contributed by atoms with E-state index >= 15 is 0 Å². The molecule has 0 radical (unpaired) electrons. The van der Waals surface area contributed by atoms with E-state index in [1.807, 2.05) is 6.07 Å². The Morgan fingerprint density at radius 3 is 2.43 bits per heavy atom. The van der Waals surface area contributed by atoms with Crippen molar-refractivity contribution in [3.05, 3.63) is 35.9 Å². The molecule has 5 nitrogen and oxygen atoms in total. The predicted molar refractivity (Wildman–Crippen MR) is 79.9 cm³/mol. The molecule has 2 fully saturated rings. The van der Waals surface area contributed by atoms with E-state index < -0.39 is 0 Å². The zero-order valence-electron chi connectivity index (χ0n) is 12.0. The normalized spacial score (nSPS) is 27.1. The highest BCUT2D eigenvalue weighted by molar-refractivity contribution is 5.96. The molecule has 2 unspecified atom stereocenters. The summed E-state index contributed by atoms with van der Waals surface area (Å²) in [5.41, 5.74) is 0.574. The van der Waals surface area contributed by atoms with E-state index in [0.717, 1.165) is 12.8 Å². The zero-order chi connectivity index (χ0) is 14.7. The third-order valence-electron chi connectivity index (χ3n) is 4.28. The minimum absolute atomic E-state index is 0.0347. The van der Waals surface area contributed by atoms with Crippen molar-refractivity contribution in [3.63, 3.8) is 0 Å². The van der Waals surface area contributed by atoms with Crippen LogP contribution in [-0.2, 0) is 4.79 Å². The maximum Gasteiger partial charge on any atom is 0.251 e. The number of rotatable bonds is 4. The van der Waals surface area contributed by atoms with Gasteiger partial charge in [0.25, 0.3) is 5.91 Å². The number of hydrogen-bond donors (Lipinski definition) is 3. The van der Waals surface area contributed by atoms with Gasteiger partial charge in [-0.1, -0.05) is 18.2 Å². The molecule has 0 saturated carbocycles. The molecule has 3 rings (SSSR count). The van der Waals surface area contributed by atoms with Crippen molar-refractivity contribution >= 4 is 11.8 Å². The molecule has 1 aromatic rings. The summed E-state index contributed by atoms with van der Waals surface area (Å²) in [4.78, 5) is 23.8. The molecule has 3 N–H and O–H groups in total. The van der Waals surface area contributed by atoms with Crippen molar-refractivity contribution in [1.29, 1.82) is 0 Å². The van der Waals surface area contributed by atoms with Crippen molar-refractivity contribution in [2.45, 2.75) is 43.8 Å². The molecule has 0 aromatic heterocycles. The van der Waals surface area contributed by atoms with E-state index in [4.69, 9.17) is 0 Å². The first-order chi connectivity index (χ1) is 10.2. The Kier molecular flexibility index (Phi) is 4.20. The predicted octanol–water partition coefficient (Wildman–Crippen LogP) is 0.816. The number of benzene rings is 1. The van der Waals surface area contributed by atoms with Gasteiger partial charge in [0.1, 0.15) is 0 Å². The van der Waals surface area contributed by atoms with Crippen molar-refractivity contribution in [1.82, 2.24) is 16.0 Å². The Hall–Kier alpha value is -1.88. The Morgan fingerprint density at radius 2 is 1.76 bits per heavy atom. The second-order valence-corrected chi connectivity index (χ2v) is 5.92. The largest absolute Gasteiger partial charge is 0.352 e. The van der Waals surface area contributed by atoms with Gasteiger partial charge in [-0.3, -0.25) is 9.59 Å². The van der Waals surface area contributed by atoms with E-state index in [-0.39, 0.29) is 24.4 Å². The van der Waals surface area contributed by atoms with E-state index in [9.17, 15) is 9.59 Å². The van der Waals surface area contributed by atoms with Crippen LogP contribution in [0.15, 0.2) is 30.3 Å². The lowest BCUT2D eigenvalue weighted by molar-refractivity contribution is -0.121. The summed E-state index contributed by atoms with van der Waals surface area (Å²) < 4.78 is 0. The molecule has 112 valence electrons. The van der Waals surface area contributed by atoms with Gasteiger partial charge in [0.05, 0.1) is 6.54 Å². The van der Waals surface area contributed by atoms with Gasteiger partial charge >= 0.3 is 0 Å². The number of carbonyl (C=O) groups is 2. The average molecular weight is 287 g/mol. The van der Waals surface area contributed by atoms with E-state index in [2.05, 4.69) is 16.0 Å². The number of piperidine rings is 1. The Labute approximate surface area is 124 Å². The van der Waals surface area contributed by atoms with Crippen LogP contribution in [0.1, 0.15) is 36.0 Å². The van der Waals surface area contributed by atoms with Gasteiger partial charge in [0.2, 0.25) is 5.91 Å². The van der Waals surface area contributed by atoms with Crippen molar-refractivity contribution in [3.8, 4) is 0 Å². The monoisotopic (exact) mass is 287 g/mol. The highest BCUT2D eigenvalue weighted by Gasteiger charge is 2.33. The number of hydrogen-bond acceptors (Lipinski definition) is 3. The molecule has 2 aliphatic rings. The lowest BCUT2D eigenvalue weighted by Crippen LogP contribution is -2.50. The molecular weight excluding hydrogens is 266 g/mol. The smallest absolute Gasteiger partial charge is 0.251 e. The van der Waals surface area contributed by atoms with Crippen molar-refractivity contribution in [2.75, 3.05) is 6.54 Å². The molecule has 2 saturated heterocycles. The van der Waals surface area contributed by atoms with Crippen LogP contribution < -0.4 is 16.0 Å². The average Bonchev–Trinajstić information content (AvgIpc) is 2.84. The lowest BCUT2D eigenvalue weighted by atomic mass is 10.00. The van der Waals surface area contributed by atoms with Gasteiger partial charge in [-0.15, -0.1) is 0 Å². The summed E-state index contributed by atoms with van der Waals surface area (Å²) >= 11 is 0. The van der Waals surface area contributed by atoms with Gasteiger partial charge < -0.3 is 16.0 Å². The molecular formula is C16H21N3O2. The van der Waals surface area contributed by atoms with Gasteiger partial charge in [-0.25, -0.2) is 0 Å². The SMILES string of the molecule is O=C(CNC(=O)c1ccccc1)NC1CC2CCC(C1)N2. The molecule has 2 amide bonds. The van der Waals surface area contributed by atoms with E-state index in [1.54, 1.807) is 24.3 Å². The molecule has 2 heterocycles. The summed E-state index contributed by atoms with van der Waals surface area (Å²) in [6.45, 7) is 0.0347. The number of nitrogens with one attached hydrogen (secondary N) is 3. The van der Waals surface area contributed by atoms with Crippen LogP contribution in [0.5, 0.6) is 0 Å². The lowest BCUT2D eigenvalue weighted by Gasteiger charge is -2.29.